The molecule has 0 radical (unpaired) electrons. The zero-order chi connectivity index (χ0) is 21.4. The van der Waals surface area contributed by atoms with E-state index >= 15 is 0 Å². The standard InChI is InChI=1S/C11H13F2NO2.C8H9F2NO/c1-6(2)11(15)14-7-4-5-8(16-3)10(13)9(7)12;1-2-12-6-4-3-5(11)7(9)8(6)10/h4-6H,1-3H3,(H,14,15);3-4H,2,11H2,1H3. The molecule has 0 aliphatic rings. The summed E-state index contributed by atoms with van der Waals surface area (Å²) in [4.78, 5) is 11.3. The number of nitrogen functional groups attached to an aromatic ring is 1. The Morgan fingerprint density at radius 2 is 1.57 bits per heavy atom. The first kappa shape index (κ1) is 23.1. The summed E-state index contributed by atoms with van der Waals surface area (Å²) < 4.78 is 61.7. The molecule has 28 heavy (non-hydrogen) atoms. The highest BCUT2D eigenvalue weighted by atomic mass is 19.2. The summed E-state index contributed by atoms with van der Waals surface area (Å²) in [6.07, 6.45) is 0. The van der Waals surface area contributed by atoms with Gasteiger partial charge in [0.1, 0.15) is 0 Å². The number of anilines is 2. The number of nitrogens with one attached hydrogen (secondary N) is 1. The number of amides is 1. The molecule has 0 aliphatic heterocycles. The molecule has 154 valence electrons. The van der Waals surface area contributed by atoms with E-state index in [1.165, 1.54) is 31.4 Å². The molecule has 0 heterocycles. The van der Waals surface area contributed by atoms with E-state index in [1.807, 2.05) is 0 Å². The first-order chi connectivity index (χ1) is 13.1. The highest BCUT2D eigenvalue weighted by molar-refractivity contribution is 5.92. The maximum atomic E-state index is 13.4. The molecule has 0 fully saturated rings. The number of halogens is 4. The average Bonchev–Trinajstić information content (AvgIpc) is 2.66. The molecule has 1 amide bonds. The van der Waals surface area contributed by atoms with Gasteiger partial charge >= 0.3 is 0 Å². The first-order valence-electron chi connectivity index (χ1n) is 8.33. The number of ether oxygens (including phenoxy) is 2. The highest BCUT2D eigenvalue weighted by Crippen LogP contribution is 2.26. The second kappa shape index (κ2) is 10.4. The minimum atomic E-state index is -1.12. The van der Waals surface area contributed by atoms with Gasteiger partial charge in [0.2, 0.25) is 17.5 Å². The van der Waals surface area contributed by atoms with Crippen molar-refractivity contribution < 1.29 is 31.8 Å². The lowest BCUT2D eigenvalue weighted by molar-refractivity contribution is -0.118. The van der Waals surface area contributed by atoms with Gasteiger partial charge in [0, 0.05) is 5.92 Å². The van der Waals surface area contributed by atoms with E-state index in [1.54, 1.807) is 20.8 Å². The Morgan fingerprint density at radius 3 is 2.11 bits per heavy atom. The Morgan fingerprint density at radius 1 is 1.00 bits per heavy atom. The lowest BCUT2D eigenvalue weighted by Crippen LogP contribution is -2.18. The lowest BCUT2D eigenvalue weighted by atomic mass is 10.2. The van der Waals surface area contributed by atoms with Crippen LogP contribution in [0, 0.1) is 29.2 Å². The number of nitrogens with two attached hydrogens (primary N) is 1. The fraction of sp³-hybridized carbons (Fsp3) is 0.316. The lowest BCUT2D eigenvalue weighted by Gasteiger charge is -2.10. The van der Waals surface area contributed by atoms with Crippen molar-refractivity contribution >= 4 is 17.3 Å². The van der Waals surface area contributed by atoms with Crippen molar-refractivity contribution in [1.82, 2.24) is 0 Å². The summed E-state index contributed by atoms with van der Waals surface area (Å²) in [5, 5.41) is 2.29. The quantitative estimate of drug-likeness (QED) is 0.570. The summed E-state index contributed by atoms with van der Waals surface area (Å²) in [5.74, 6) is -5.28. The van der Waals surface area contributed by atoms with Gasteiger partial charge in [-0.15, -0.1) is 0 Å². The smallest absolute Gasteiger partial charge is 0.227 e. The Hall–Kier alpha value is -2.97. The molecule has 0 atom stereocenters. The van der Waals surface area contributed by atoms with Gasteiger partial charge in [-0.1, -0.05) is 13.8 Å². The number of benzene rings is 2. The van der Waals surface area contributed by atoms with Crippen molar-refractivity contribution in [3.63, 3.8) is 0 Å². The van der Waals surface area contributed by atoms with Gasteiger partial charge < -0.3 is 20.5 Å². The summed E-state index contributed by atoms with van der Waals surface area (Å²) in [5.41, 5.74) is 4.72. The highest BCUT2D eigenvalue weighted by Gasteiger charge is 2.16. The molecular weight excluding hydrogens is 380 g/mol. The number of carbonyl (C=O) groups is 1. The van der Waals surface area contributed by atoms with Crippen molar-refractivity contribution in [3.05, 3.63) is 47.5 Å². The number of carbonyl (C=O) groups excluding carboxylic acids is 1. The van der Waals surface area contributed by atoms with Gasteiger partial charge in [-0.2, -0.15) is 8.78 Å². The topological polar surface area (TPSA) is 73.6 Å². The van der Waals surface area contributed by atoms with Crippen LogP contribution in [0.1, 0.15) is 20.8 Å². The van der Waals surface area contributed by atoms with Gasteiger partial charge in [0.05, 0.1) is 25.1 Å². The summed E-state index contributed by atoms with van der Waals surface area (Å²) in [6.45, 7) is 5.30. The van der Waals surface area contributed by atoms with Crippen molar-refractivity contribution in [2.45, 2.75) is 20.8 Å². The zero-order valence-corrected chi connectivity index (χ0v) is 15.9. The third kappa shape index (κ3) is 5.77. The molecule has 0 aliphatic carbocycles. The van der Waals surface area contributed by atoms with Crippen molar-refractivity contribution in [3.8, 4) is 11.5 Å². The average molecular weight is 402 g/mol. The molecule has 0 unspecified atom stereocenters. The van der Waals surface area contributed by atoms with Crippen LogP contribution in [-0.4, -0.2) is 19.6 Å². The maximum Gasteiger partial charge on any atom is 0.227 e. The van der Waals surface area contributed by atoms with Gasteiger partial charge in [0.25, 0.3) is 0 Å². The molecule has 5 nitrogen and oxygen atoms in total. The van der Waals surface area contributed by atoms with E-state index in [9.17, 15) is 22.4 Å². The first-order valence-corrected chi connectivity index (χ1v) is 8.33. The third-order valence-electron chi connectivity index (χ3n) is 3.43. The van der Waals surface area contributed by atoms with Crippen LogP contribution in [0.3, 0.4) is 0 Å². The second-order valence-corrected chi connectivity index (χ2v) is 5.80. The molecule has 2 rings (SSSR count). The van der Waals surface area contributed by atoms with Gasteiger partial charge in [-0.25, -0.2) is 8.78 Å². The Kier molecular flexibility index (Phi) is 8.56. The van der Waals surface area contributed by atoms with Crippen molar-refractivity contribution in [2.75, 3.05) is 24.8 Å². The van der Waals surface area contributed by atoms with E-state index < -0.39 is 23.3 Å². The SMILES string of the molecule is CCOc1ccc(N)c(F)c1F.COc1ccc(NC(=O)C(C)C)c(F)c1F. The zero-order valence-electron chi connectivity index (χ0n) is 15.9. The predicted molar refractivity (Wildman–Crippen MR) is 98.3 cm³/mol. The molecule has 0 saturated carbocycles. The molecule has 0 spiro atoms. The molecule has 0 aromatic heterocycles. The monoisotopic (exact) mass is 402 g/mol. The molecule has 3 N–H and O–H groups in total. The van der Waals surface area contributed by atoms with Crippen LogP contribution in [0.25, 0.3) is 0 Å². The molecule has 9 heteroatoms. The molecule has 0 bridgehead atoms. The maximum absolute atomic E-state index is 13.4. The van der Waals surface area contributed by atoms with Crippen LogP contribution < -0.4 is 20.5 Å². The van der Waals surface area contributed by atoms with E-state index in [4.69, 9.17) is 10.5 Å². The molecule has 2 aromatic carbocycles. The van der Waals surface area contributed by atoms with Crippen LogP contribution >= 0.6 is 0 Å². The fourth-order valence-electron chi connectivity index (χ4n) is 1.88. The molecule has 2 aromatic rings. The number of rotatable bonds is 5. The van der Waals surface area contributed by atoms with Crippen LogP contribution in [0.15, 0.2) is 24.3 Å². The Bertz CT molecular complexity index is 829. The van der Waals surface area contributed by atoms with Gasteiger partial charge in [0.15, 0.2) is 23.1 Å². The van der Waals surface area contributed by atoms with Crippen LogP contribution in [0.5, 0.6) is 11.5 Å². The van der Waals surface area contributed by atoms with Gasteiger partial charge in [-0.3, -0.25) is 4.79 Å². The van der Waals surface area contributed by atoms with E-state index in [-0.39, 0.29) is 34.7 Å². The summed E-state index contributed by atoms with van der Waals surface area (Å²) >= 11 is 0. The minimum absolute atomic E-state index is 0.107. The van der Waals surface area contributed by atoms with Crippen molar-refractivity contribution in [1.29, 1.82) is 0 Å². The summed E-state index contributed by atoms with van der Waals surface area (Å²) in [7, 11) is 1.24. The van der Waals surface area contributed by atoms with Crippen LogP contribution in [0.4, 0.5) is 28.9 Å². The second-order valence-electron chi connectivity index (χ2n) is 5.80. The number of hydrogen-bond donors (Lipinski definition) is 2. The number of methoxy groups -OCH3 is 1. The number of hydrogen-bond acceptors (Lipinski definition) is 4. The Balaban J connectivity index is 0.000000292. The molecule has 0 saturated heterocycles. The normalized spacial score (nSPS) is 10.2. The van der Waals surface area contributed by atoms with Crippen molar-refractivity contribution in [2.24, 2.45) is 5.92 Å². The summed E-state index contributed by atoms with van der Waals surface area (Å²) in [6, 6.07) is 5.09. The fourth-order valence-corrected chi connectivity index (χ4v) is 1.88. The molecular formula is C19H22F4N2O3. The Labute approximate surface area is 160 Å². The van der Waals surface area contributed by atoms with Gasteiger partial charge in [-0.05, 0) is 31.2 Å². The van der Waals surface area contributed by atoms with Crippen LogP contribution in [0.2, 0.25) is 0 Å². The van der Waals surface area contributed by atoms with E-state index in [0.717, 1.165) is 0 Å². The van der Waals surface area contributed by atoms with Crippen LogP contribution in [-0.2, 0) is 4.79 Å². The largest absolute Gasteiger partial charge is 0.494 e. The third-order valence-corrected chi connectivity index (χ3v) is 3.43. The predicted octanol–water partition coefficient (Wildman–Crippen LogP) is 4.51. The minimum Gasteiger partial charge on any atom is -0.494 e. The van der Waals surface area contributed by atoms with E-state index in [2.05, 4.69) is 10.1 Å². The van der Waals surface area contributed by atoms with E-state index in [0.29, 0.717) is 6.61 Å².